The van der Waals surface area contributed by atoms with Crippen LogP contribution in [0.2, 0.25) is 18.1 Å². The fourth-order valence-corrected chi connectivity index (χ4v) is 11.4. The molecule has 0 spiro atoms. The number of benzene rings is 5. The number of carbonyl (C=O) groups excluding carboxylic acids is 1. The van der Waals surface area contributed by atoms with Gasteiger partial charge in [0, 0.05) is 23.1 Å². The quantitative estimate of drug-likeness (QED) is 0.103. The summed E-state index contributed by atoms with van der Waals surface area (Å²) in [6.45, 7) is 14.4. The summed E-state index contributed by atoms with van der Waals surface area (Å²) >= 11 is 0. The molecule has 1 amide bonds. The second-order valence-electron chi connectivity index (χ2n) is 17.7. The number of fused-ring (bicyclic) bond motifs is 2. The zero-order valence-electron chi connectivity index (χ0n) is 35.2. The predicted molar refractivity (Wildman–Crippen MR) is 244 cm³/mol. The average molecular weight is 833 g/mol. The largest absolute Gasteiger partial charge is 0.396 e. The van der Waals surface area contributed by atoms with E-state index in [1.807, 2.05) is 90.0 Å². The molecule has 2 aromatic heterocycles. The van der Waals surface area contributed by atoms with E-state index in [2.05, 4.69) is 74.8 Å². The maximum Gasteiger partial charge on any atom is 0.259 e. The Morgan fingerprint density at radius 2 is 1.27 bits per heavy atom. The number of sulfone groups is 1. The summed E-state index contributed by atoms with van der Waals surface area (Å²) < 4.78 is 28.3. The Hall–Kier alpha value is -5.68. The third-order valence-corrected chi connectivity index (χ3v) is 21.0. The van der Waals surface area contributed by atoms with Gasteiger partial charge in [0.1, 0.15) is 11.1 Å². The van der Waals surface area contributed by atoms with Crippen LogP contribution in [0.15, 0.2) is 157 Å². The molecule has 0 radical (unpaired) electrons. The highest BCUT2D eigenvalue weighted by atomic mass is 32.2. The van der Waals surface area contributed by atoms with E-state index in [-0.39, 0.29) is 15.8 Å². The molecule has 0 saturated carbocycles. The van der Waals surface area contributed by atoms with Crippen LogP contribution < -0.4 is 4.90 Å². The highest BCUT2D eigenvalue weighted by molar-refractivity contribution is 7.92. The second kappa shape index (κ2) is 15.4. The minimum Gasteiger partial charge on any atom is -0.396 e. The van der Waals surface area contributed by atoms with Gasteiger partial charge >= 0.3 is 0 Å². The van der Waals surface area contributed by atoms with Crippen LogP contribution in [0.1, 0.15) is 79.7 Å². The second-order valence-corrected chi connectivity index (χ2v) is 25.9. The van der Waals surface area contributed by atoms with Crippen molar-refractivity contribution in [3.63, 3.8) is 0 Å². The molecule has 10 heteroatoms. The van der Waals surface area contributed by atoms with Gasteiger partial charge in [0.15, 0.2) is 15.5 Å². The van der Waals surface area contributed by atoms with Crippen molar-refractivity contribution in [3.05, 3.63) is 180 Å². The van der Waals surface area contributed by atoms with Crippen LogP contribution in [0.25, 0.3) is 22.4 Å². The lowest BCUT2D eigenvalue weighted by atomic mass is 9.76. The average Bonchev–Trinajstić information content (AvgIpc) is 3.75. The maximum atomic E-state index is 15.0. The molecule has 2 atom stereocenters. The Morgan fingerprint density at radius 1 is 0.750 bits per heavy atom. The number of aliphatic hydroxyl groups is 1. The van der Waals surface area contributed by atoms with Gasteiger partial charge in [-0.05, 0) is 65.8 Å². The smallest absolute Gasteiger partial charge is 0.259 e. The van der Waals surface area contributed by atoms with Crippen LogP contribution in [-0.2, 0) is 15.4 Å². The Kier molecular flexibility index (Phi) is 10.5. The fourth-order valence-electron chi connectivity index (χ4n) is 8.50. The third kappa shape index (κ3) is 6.71. The SMILES string of the molecule is CC(C)S(=O)(=O)c1ccc(-c2cnc3c(n2)c(N2C(=O)c4ccccc4C2CC(O)[Si](C)(C)C(C)(C)C)cn3C(c2ccccc2)(c2ccccc2)c2ccccc2)cc1. The minimum atomic E-state index is -3.49. The molecule has 8 nitrogen and oxygen atoms in total. The summed E-state index contributed by atoms with van der Waals surface area (Å²) in [7, 11) is -5.79. The van der Waals surface area contributed by atoms with E-state index in [1.165, 1.54) is 0 Å². The predicted octanol–water partition coefficient (Wildman–Crippen LogP) is 10.6. The van der Waals surface area contributed by atoms with Gasteiger partial charge in [0.25, 0.3) is 5.91 Å². The molecule has 2 unspecified atom stereocenters. The molecular formula is C50H52N4O4SSi. The minimum absolute atomic E-state index is 0.0967. The van der Waals surface area contributed by atoms with E-state index in [9.17, 15) is 13.5 Å². The monoisotopic (exact) mass is 832 g/mol. The van der Waals surface area contributed by atoms with Crippen molar-refractivity contribution in [2.24, 2.45) is 0 Å². The van der Waals surface area contributed by atoms with E-state index >= 15 is 4.79 Å². The molecule has 60 heavy (non-hydrogen) atoms. The van der Waals surface area contributed by atoms with Gasteiger partial charge in [-0.15, -0.1) is 0 Å². The Balaban J connectivity index is 1.43. The first-order valence-electron chi connectivity index (χ1n) is 20.6. The lowest BCUT2D eigenvalue weighted by molar-refractivity contribution is 0.0986. The van der Waals surface area contributed by atoms with Gasteiger partial charge < -0.3 is 9.67 Å². The summed E-state index contributed by atoms with van der Waals surface area (Å²) in [4.78, 5) is 27.7. The molecule has 7 aromatic rings. The number of hydrogen-bond donors (Lipinski definition) is 1. The van der Waals surface area contributed by atoms with Gasteiger partial charge in [-0.3, -0.25) is 9.69 Å². The molecule has 3 heterocycles. The Bertz CT molecular complexity index is 2690. The molecule has 0 fully saturated rings. The first-order valence-corrected chi connectivity index (χ1v) is 25.2. The van der Waals surface area contributed by atoms with Crippen molar-refractivity contribution in [1.82, 2.24) is 14.5 Å². The Morgan fingerprint density at radius 3 is 1.78 bits per heavy atom. The highest BCUT2D eigenvalue weighted by Crippen LogP contribution is 2.49. The van der Waals surface area contributed by atoms with E-state index in [4.69, 9.17) is 9.97 Å². The lowest BCUT2D eigenvalue weighted by Crippen LogP contribution is -2.50. The third-order valence-electron chi connectivity index (χ3n) is 13.1. The first kappa shape index (κ1) is 41.1. The van der Waals surface area contributed by atoms with Crippen LogP contribution >= 0.6 is 0 Å². The molecular weight excluding hydrogens is 781 g/mol. The first-order chi connectivity index (χ1) is 28.6. The zero-order valence-corrected chi connectivity index (χ0v) is 37.1. The standard InChI is InChI=1S/C50H52N4O4SSi/c1-34(2)59(57,58)39-29-27-35(28-30-39)42-32-51-47-46(52-42)44(54-43(31-45(55)60(6,7)49(3,4)5)40-25-17-18-26-41(40)48(54)56)33-53(47)50(36-19-11-8-12-20-36,37-21-13-9-14-22-37)38-23-15-10-16-24-38/h8-30,32-34,43,45,55H,31H2,1-7H3. The topological polar surface area (TPSA) is 105 Å². The fraction of sp³-hybridized carbons (Fsp3) is 0.260. The van der Waals surface area contributed by atoms with Crippen LogP contribution in [0, 0.1) is 0 Å². The van der Waals surface area contributed by atoms with Crippen molar-refractivity contribution in [3.8, 4) is 11.3 Å². The number of anilines is 1. The van der Waals surface area contributed by atoms with Gasteiger partial charge in [0.2, 0.25) is 0 Å². The molecule has 1 aliphatic rings. The van der Waals surface area contributed by atoms with E-state index in [0.29, 0.717) is 40.1 Å². The molecule has 0 aliphatic carbocycles. The van der Waals surface area contributed by atoms with Gasteiger partial charge in [0.05, 0.1) is 41.8 Å². The molecule has 1 N–H and O–H groups in total. The zero-order chi connectivity index (χ0) is 42.6. The van der Waals surface area contributed by atoms with Crippen molar-refractivity contribution in [2.45, 2.75) is 86.6 Å². The van der Waals surface area contributed by atoms with Gasteiger partial charge in [-0.1, -0.05) is 155 Å². The molecule has 0 saturated heterocycles. The van der Waals surface area contributed by atoms with Gasteiger partial charge in [-0.2, -0.15) is 0 Å². The van der Waals surface area contributed by atoms with Crippen LogP contribution in [0.5, 0.6) is 0 Å². The summed E-state index contributed by atoms with van der Waals surface area (Å²) in [6, 6.07) is 44.9. The number of amides is 1. The van der Waals surface area contributed by atoms with E-state index in [1.54, 1.807) is 44.3 Å². The number of aromatic nitrogens is 3. The van der Waals surface area contributed by atoms with E-state index < -0.39 is 40.5 Å². The number of aliphatic hydroxyl groups excluding tert-OH is 1. The molecule has 0 bridgehead atoms. The van der Waals surface area contributed by atoms with Crippen molar-refractivity contribution < 1.29 is 18.3 Å². The summed E-state index contributed by atoms with van der Waals surface area (Å²) in [6.07, 6.45) is 4.10. The number of hydrogen-bond acceptors (Lipinski definition) is 6. The van der Waals surface area contributed by atoms with Crippen LogP contribution in [-0.4, -0.2) is 53.0 Å². The Labute approximate surface area is 354 Å². The van der Waals surface area contributed by atoms with Crippen molar-refractivity contribution >= 4 is 40.7 Å². The highest BCUT2D eigenvalue weighted by Gasteiger charge is 2.48. The van der Waals surface area contributed by atoms with Crippen molar-refractivity contribution in [1.29, 1.82) is 0 Å². The van der Waals surface area contributed by atoms with Crippen LogP contribution in [0.4, 0.5) is 5.69 Å². The van der Waals surface area contributed by atoms with Crippen molar-refractivity contribution in [2.75, 3.05) is 4.90 Å². The normalized spacial score (nSPS) is 15.4. The summed E-state index contributed by atoms with van der Waals surface area (Å²) in [5, 5.41) is 11.5. The number of carbonyl (C=O) groups is 1. The lowest BCUT2D eigenvalue weighted by Gasteiger charge is -2.42. The number of rotatable bonds is 11. The molecule has 8 rings (SSSR count). The molecule has 306 valence electrons. The molecule has 5 aromatic carbocycles. The van der Waals surface area contributed by atoms with E-state index in [0.717, 1.165) is 22.3 Å². The van der Waals surface area contributed by atoms with Gasteiger partial charge in [-0.25, -0.2) is 18.4 Å². The van der Waals surface area contributed by atoms with Crippen LogP contribution in [0.3, 0.4) is 0 Å². The maximum absolute atomic E-state index is 15.0. The molecule has 1 aliphatic heterocycles. The number of nitrogens with zero attached hydrogens (tertiary/aromatic N) is 4. The summed E-state index contributed by atoms with van der Waals surface area (Å²) in [5.41, 5.74) is 5.66. The summed E-state index contributed by atoms with van der Waals surface area (Å²) in [5.74, 6) is -0.169.